The van der Waals surface area contributed by atoms with Gasteiger partial charge in [0.2, 0.25) is 0 Å². The Balaban J connectivity index is 2.70. The van der Waals surface area contributed by atoms with Gasteiger partial charge in [-0.2, -0.15) is 0 Å². The van der Waals surface area contributed by atoms with Crippen LogP contribution in [0.1, 0.15) is 6.92 Å². The van der Waals surface area contributed by atoms with Gasteiger partial charge in [-0.3, -0.25) is 4.79 Å². The molecule has 0 aromatic heterocycles. The van der Waals surface area contributed by atoms with E-state index in [1.54, 1.807) is 25.3 Å². The van der Waals surface area contributed by atoms with Crippen LogP contribution in [0.2, 0.25) is 0 Å². The number of anilines is 1. The number of carbonyl (C=O) groups is 1. The van der Waals surface area contributed by atoms with Gasteiger partial charge >= 0.3 is 0 Å². The van der Waals surface area contributed by atoms with Crippen molar-refractivity contribution in [3.63, 3.8) is 0 Å². The lowest BCUT2D eigenvalue weighted by molar-refractivity contribution is 0.266. The SMILES string of the molecule is C=C[C@@H](C)SC(=O)N(C)c1ccc(F)cc1. The molecule has 0 N–H and O–H groups in total. The van der Waals surface area contributed by atoms with E-state index in [2.05, 4.69) is 6.58 Å². The van der Waals surface area contributed by atoms with Gasteiger partial charge in [0.05, 0.1) is 0 Å². The highest BCUT2D eigenvalue weighted by molar-refractivity contribution is 8.14. The Kier molecular flexibility index (Phi) is 4.55. The van der Waals surface area contributed by atoms with Crippen LogP contribution in [0.25, 0.3) is 0 Å². The number of thioether (sulfide) groups is 1. The molecular formula is C12H14FNOS. The Hall–Kier alpha value is -1.29. The van der Waals surface area contributed by atoms with Crippen molar-refractivity contribution in [1.82, 2.24) is 0 Å². The smallest absolute Gasteiger partial charge is 0.286 e. The van der Waals surface area contributed by atoms with Gasteiger partial charge in [-0.15, -0.1) is 6.58 Å². The molecule has 0 fully saturated rings. The average Bonchev–Trinajstić information content (AvgIpc) is 2.28. The summed E-state index contributed by atoms with van der Waals surface area (Å²) in [4.78, 5) is 13.2. The van der Waals surface area contributed by atoms with Crippen LogP contribution in [0.5, 0.6) is 0 Å². The zero-order chi connectivity index (χ0) is 12.1. The molecule has 1 aromatic carbocycles. The third-order valence-electron chi connectivity index (χ3n) is 2.11. The summed E-state index contributed by atoms with van der Waals surface area (Å²) < 4.78 is 12.7. The summed E-state index contributed by atoms with van der Waals surface area (Å²) in [6.45, 7) is 5.51. The van der Waals surface area contributed by atoms with Gasteiger partial charge in [-0.1, -0.05) is 17.8 Å². The summed E-state index contributed by atoms with van der Waals surface area (Å²) in [5.41, 5.74) is 0.676. The van der Waals surface area contributed by atoms with Gasteiger partial charge in [0.1, 0.15) is 5.82 Å². The van der Waals surface area contributed by atoms with Crippen LogP contribution in [0.4, 0.5) is 14.9 Å². The van der Waals surface area contributed by atoms with Crippen LogP contribution in [0.3, 0.4) is 0 Å². The predicted octanol–water partition coefficient (Wildman–Crippen LogP) is 3.69. The van der Waals surface area contributed by atoms with E-state index >= 15 is 0 Å². The summed E-state index contributed by atoms with van der Waals surface area (Å²) in [6, 6.07) is 5.82. The fourth-order valence-electron chi connectivity index (χ4n) is 1.06. The molecule has 0 spiro atoms. The highest BCUT2D eigenvalue weighted by atomic mass is 32.2. The average molecular weight is 239 g/mol. The minimum Gasteiger partial charge on any atom is -0.306 e. The van der Waals surface area contributed by atoms with Gasteiger partial charge < -0.3 is 4.90 Å². The molecule has 0 aliphatic carbocycles. The first-order chi connectivity index (χ1) is 7.54. The van der Waals surface area contributed by atoms with Gasteiger partial charge in [-0.05, 0) is 31.2 Å². The highest BCUT2D eigenvalue weighted by Crippen LogP contribution is 2.21. The standard InChI is InChI=1S/C12H14FNOS/c1-4-9(2)16-12(15)14(3)11-7-5-10(13)6-8-11/h4-9H,1H2,2-3H3/t9-/m1/s1. The molecule has 0 aliphatic heterocycles. The Morgan fingerprint density at radius 1 is 1.50 bits per heavy atom. The van der Waals surface area contributed by atoms with E-state index in [1.807, 2.05) is 6.92 Å². The molecule has 0 heterocycles. The van der Waals surface area contributed by atoms with Crippen molar-refractivity contribution in [3.05, 3.63) is 42.7 Å². The first kappa shape index (κ1) is 12.8. The molecule has 4 heteroatoms. The van der Waals surface area contributed by atoms with E-state index in [0.29, 0.717) is 5.69 Å². The van der Waals surface area contributed by atoms with E-state index in [-0.39, 0.29) is 16.3 Å². The minimum absolute atomic E-state index is 0.0652. The molecule has 1 amide bonds. The molecule has 1 atom stereocenters. The van der Waals surface area contributed by atoms with E-state index in [0.717, 1.165) is 0 Å². The van der Waals surface area contributed by atoms with Crippen molar-refractivity contribution in [2.75, 3.05) is 11.9 Å². The van der Waals surface area contributed by atoms with Crippen LogP contribution in [0, 0.1) is 5.82 Å². The molecule has 1 rings (SSSR count). The summed E-state index contributed by atoms with van der Waals surface area (Å²) >= 11 is 1.18. The monoisotopic (exact) mass is 239 g/mol. The molecule has 86 valence electrons. The number of carbonyl (C=O) groups excluding carboxylic acids is 1. The molecule has 1 aromatic rings. The Morgan fingerprint density at radius 3 is 2.56 bits per heavy atom. The first-order valence-corrected chi connectivity index (χ1v) is 5.75. The maximum Gasteiger partial charge on any atom is 0.286 e. The second-order valence-electron chi connectivity index (χ2n) is 3.36. The zero-order valence-corrected chi connectivity index (χ0v) is 10.1. The second kappa shape index (κ2) is 5.70. The molecule has 0 bridgehead atoms. The number of hydrogen-bond donors (Lipinski definition) is 0. The topological polar surface area (TPSA) is 20.3 Å². The normalized spacial score (nSPS) is 11.9. The van der Waals surface area contributed by atoms with Gasteiger partial charge in [0, 0.05) is 18.0 Å². The van der Waals surface area contributed by atoms with Crippen LogP contribution >= 0.6 is 11.8 Å². The van der Waals surface area contributed by atoms with E-state index in [9.17, 15) is 9.18 Å². The lowest BCUT2D eigenvalue weighted by atomic mass is 10.3. The quantitative estimate of drug-likeness (QED) is 0.750. The van der Waals surface area contributed by atoms with Crippen LogP contribution in [0.15, 0.2) is 36.9 Å². The van der Waals surface area contributed by atoms with E-state index in [4.69, 9.17) is 0 Å². The third kappa shape index (κ3) is 3.38. The fourth-order valence-corrected chi connectivity index (χ4v) is 1.73. The van der Waals surface area contributed by atoms with Gasteiger partial charge in [0.15, 0.2) is 0 Å². The first-order valence-electron chi connectivity index (χ1n) is 4.87. The molecule has 16 heavy (non-hydrogen) atoms. The summed E-state index contributed by atoms with van der Waals surface area (Å²) in [5, 5.41) is -0.0191. The molecular weight excluding hydrogens is 225 g/mol. The number of rotatable bonds is 3. The van der Waals surface area contributed by atoms with Crippen molar-refractivity contribution in [3.8, 4) is 0 Å². The Labute approximate surface area is 99.1 Å². The van der Waals surface area contributed by atoms with Crippen molar-refractivity contribution in [2.45, 2.75) is 12.2 Å². The summed E-state index contributed by atoms with van der Waals surface area (Å²) in [7, 11) is 1.67. The minimum atomic E-state index is -0.309. The fraction of sp³-hybridized carbons (Fsp3) is 0.250. The maximum absolute atomic E-state index is 12.7. The Bertz CT molecular complexity index is 377. The number of hydrogen-bond acceptors (Lipinski definition) is 2. The van der Waals surface area contributed by atoms with Crippen molar-refractivity contribution in [1.29, 1.82) is 0 Å². The van der Waals surface area contributed by atoms with Crippen LogP contribution in [-0.2, 0) is 0 Å². The number of nitrogens with zero attached hydrogens (tertiary/aromatic N) is 1. The molecule has 0 unspecified atom stereocenters. The highest BCUT2D eigenvalue weighted by Gasteiger charge is 2.13. The lowest BCUT2D eigenvalue weighted by Gasteiger charge is -2.17. The second-order valence-corrected chi connectivity index (χ2v) is 4.69. The van der Waals surface area contributed by atoms with Crippen molar-refractivity contribution >= 4 is 22.7 Å². The van der Waals surface area contributed by atoms with E-state index in [1.165, 1.54) is 28.8 Å². The molecule has 2 nitrogen and oxygen atoms in total. The third-order valence-corrected chi connectivity index (χ3v) is 3.15. The predicted molar refractivity (Wildman–Crippen MR) is 67.4 cm³/mol. The molecule has 0 aliphatic rings. The maximum atomic E-state index is 12.7. The van der Waals surface area contributed by atoms with Gasteiger partial charge in [-0.25, -0.2) is 4.39 Å². The van der Waals surface area contributed by atoms with Crippen molar-refractivity contribution in [2.24, 2.45) is 0 Å². The van der Waals surface area contributed by atoms with Crippen molar-refractivity contribution < 1.29 is 9.18 Å². The zero-order valence-electron chi connectivity index (χ0n) is 9.31. The summed E-state index contributed by atoms with van der Waals surface area (Å²) in [5.74, 6) is -0.309. The van der Waals surface area contributed by atoms with E-state index < -0.39 is 0 Å². The lowest BCUT2D eigenvalue weighted by Crippen LogP contribution is -2.23. The molecule has 0 radical (unpaired) electrons. The molecule has 0 saturated carbocycles. The largest absolute Gasteiger partial charge is 0.306 e. The number of amides is 1. The van der Waals surface area contributed by atoms with Crippen LogP contribution in [-0.4, -0.2) is 17.5 Å². The van der Waals surface area contributed by atoms with Crippen LogP contribution < -0.4 is 4.90 Å². The number of benzene rings is 1. The molecule has 0 saturated heterocycles. The summed E-state index contributed by atoms with van der Waals surface area (Å²) in [6.07, 6.45) is 1.71. The number of halogens is 1. The van der Waals surface area contributed by atoms with Gasteiger partial charge in [0.25, 0.3) is 5.24 Å². The Morgan fingerprint density at radius 2 is 2.06 bits per heavy atom.